The highest BCUT2D eigenvalue weighted by atomic mass is 35.5. The Morgan fingerprint density at radius 1 is 1.31 bits per heavy atom. The summed E-state index contributed by atoms with van der Waals surface area (Å²) in [7, 11) is 1.97. The van der Waals surface area contributed by atoms with Gasteiger partial charge in [0.1, 0.15) is 0 Å². The maximum absolute atomic E-state index is 10.2. The molecule has 0 aromatic carbocycles. The number of aliphatic carboxylic acids is 1. The molecule has 0 amide bonds. The molecule has 0 radical (unpaired) electrons. The quantitative estimate of drug-likeness (QED) is 0.653. The van der Waals surface area contributed by atoms with Crippen molar-refractivity contribution in [3.05, 3.63) is 0 Å². The molecule has 3 nitrogen and oxygen atoms in total. The molecule has 0 aromatic rings. The first-order valence-corrected chi connectivity index (χ1v) is 4.57. The van der Waals surface area contributed by atoms with Crippen LogP contribution in [0.2, 0.25) is 0 Å². The Morgan fingerprint density at radius 2 is 1.92 bits per heavy atom. The molecule has 0 unspecified atom stereocenters. The standard InChI is InChI=1S/C9H19NO2.ClH/c1-3-4-5-7-10(2)8-6-9(11)12;/h3-8H2,1-2H3,(H,11,12);1H. The van der Waals surface area contributed by atoms with Crippen LogP contribution in [0, 0.1) is 0 Å². The Hall–Kier alpha value is -0.280. The Kier molecular flexibility index (Phi) is 11.5. The van der Waals surface area contributed by atoms with Crippen LogP contribution in [0.25, 0.3) is 0 Å². The minimum absolute atomic E-state index is 0. The largest absolute Gasteiger partial charge is 0.481 e. The van der Waals surface area contributed by atoms with Crippen molar-refractivity contribution in [1.82, 2.24) is 4.90 Å². The molecule has 0 spiro atoms. The number of hydrogen-bond acceptors (Lipinski definition) is 2. The zero-order valence-corrected chi connectivity index (χ0v) is 9.27. The van der Waals surface area contributed by atoms with Gasteiger partial charge < -0.3 is 10.0 Å². The van der Waals surface area contributed by atoms with Gasteiger partial charge in [0.05, 0.1) is 6.42 Å². The predicted octanol–water partition coefficient (Wildman–Crippen LogP) is 2.00. The van der Waals surface area contributed by atoms with Crippen molar-refractivity contribution in [1.29, 1.82) is 0 Å². The number of halogens is 1. The van der Waals surface area contributed by atoms with Gasteiger partial charge in [-0.3, -0.25) is 4.79 Å². The van der Waals surface area contributed by atoms with Gasteiger partial charge in [0.15, 0.2) is 0 Å². The summed E-state index contributed by atoms with van der Waals surface area (Å²) in [5, 5.41) is 8.41. The van der Waals surface area contributed by atoms with Crippen molar-refractivity contribution in [2.24, 2.45) is 0 Å². The molecule has 0 heterocycles. The number of unbranched alkanes of at least 4 members (excludes halogenated alkanes) is 2. The summed E-state index contributed by atoms with van der Waals surface area (Å²) in [5.41, 5.74) is 0. The van der Waals surface area contributed by atoms with E-state index in [4.69, 9.17) is 5.11 Å². The Bertz CT molecular complexity index is 131. The van der Waals surface area contributed by atoms with Crippen LogP contribution in [0.15, 0.2) is 0 Å². The maximum Gasteiger partial charge on any atom is 0.304 e. The predicted molar refractivity (Wildman–Crippen MR) is 56.5 cm³/mol. The molecular formula is C9H20ClNO2. The fraction of sp³-hybridized carbons (Fsp3) is 0.889. The lowest BCUT2D eigenvalue weighted by Crippen LogP contribution is -2.22. The van der Waals surface area contributed by atoms with E-state index in [1.54, 1.807) is 0 Å². The Balaban J connectivity index is 0. The van der Waals surface area contributed by atoms with E-state index >= 15 is 0 Å². The number of rotatable bonds is 7. The third kappa shape index (κ3) is 11.7. The molecule has 0 aliphatic heterocycles. The second kappa shape index (κ2) is 9.81. The first kappa shape index (κ1) is 15.2. The normalized spacial score (nSPS) is 9.77. The smallest absolute Gasteiger partial charge is 0.304 e. The van der Waals surface area contributed by atoms with Gasteiger partial charge in [0.25, 0.3) is 0 Å². The topological polar surface area (TPSA) is 40.5 Å². The van der Waals surface area contributed by atoms with Crippen LogP contribution in [0.1, 0.15) is 32.6 Å². The molecule has 0 rings (SSSR count). The van der Waals surface area contributed by atoms with Crippen LogP contribution in [-0.4, -0.2) is 36.1 Å². The van der Waals surface area contributed by atoms with Gasteiger partial charge in [-0.25, -0.2) is 0 Å². The second-order valence-electron chi connectivity index (χ2n) is 3.15. The van der Waals surface area contributed by atoms with E-state index in [1.807, 2.05) is 7.05 Å². The second-order valence-corrected chi connectivity index (χ2v) is 3.15. The number of nitrogens with zero attached hydrogens (tertiary/aromatic N) is 1. The highest BCUT2D eigenvalue weighted by Gasteiger charge is 2.00. The summed E-state index contributed by atoms with van der Waals surface area (Å²) < 4.78 is 0. The molecule has 1 N–H and O–H groups in total. The van der Waals surface area contributed by atoms with E-state index in [9.17, 15) is 4.79 Å². The number of carbonyl (C=O) groups is 1. The third-order valence-corrected chi connectivity index (χ3v) is 1.85. The van der Waals surface area contributed by atoms with Crippen molar-refractivity contribution in [2.75, 3.05) is 20.1 Å². The minimum Gasteiger partial charge on any atom is -0.481 e. The molecule has 0 saturated heterocycles. The van der Waals surface area contributed by atoms with Crippen LogP contribution < -0.4 is 0 Å². The van der Waals surface area contributed by atoms with Crippen molar-refractivity contribution in [3.63, 3.8) is 0 Å². The monoisotopic (exact) mass is 209 g/mol. The van der Waals surface area contributed by atoms with Crippen LogP contribution in [0.5, 0.6) is 0 Å². The fourth-order valence-corrected chi connectivity index (χ4v) is 1.03. The van der Waals surface area contributed by atoms with Gasteiger partial charge in [-0.15, -0.1) is 12.4 Å². The SMILES string of the molecule is CCCCCN(C)CCC(=O)O.Cl. The van der Waals surface area contributed by atoms with Gasteiger partial charge in [0, 0.05) is 6.54 Å². The number of carboxylic acids is 1. The number of carboxylic acid groups (broad SMARTS) is 1. The van der Waals surface area contributed by atoms with E-state index in [0.717, 1.165) is 6.54 Å². The molecule has 0 aliphatic rings. The third-order valence-electron chi connectivity index (χ3n) is 1.85. The van der Waals surface area contributed by atoms with E-state index in [-0.39, 0.29) is 18.8 Å². The van der Waals surface area contributed by atoms with Gasteiger partial charge in [0.2, 0.25) is 0 Å². The molecule has 0 aliphatic carbocycles. The first-order valence-electron chi connectivity index (χ1n) is 4.57. The minimum atomic E-state index is -0.711. The van der Waals surface area contributed by atoms with Crippen LogP contribution in [0.3, 0.4) is 0 Å². The molecule has 4 heteroatoms. The van der Waals surface area contributed by atoms with Gasteiger partial charge in [-0.2, -0.15) is 0 Å². The molecule has 13 heavy (non-hydrogen) atoms. The zero-order valence-electron chi connectivity index (χ0n) is 8.45. The average molecular weight is 210 g/mol. The molecular weight excluding hydrogens is 190 g/mol. The molecule has 0 fully saturated rings. The summed E-state index contributed by atoms with van der Waals surface area (Å²) in [4.78, 5) is 12.3. The zero-order chi connectivity index (χ0) is 9.40. The van der Waals surface area contributed by atoms with Crippen molar-refractivity contribution >= 4 is 18.4 Å². The molecule has 80 valence electrons. The van der Waals surface area contributed by atoms with E-state index in [1.165, 1.54) is 19.3 Å². The summed E-state index contributed by atoms with van der Waals surface area (Å²) in [5.74, 6) is -0.711. The molecule has 0 aromatic heterocycles. The van der Waals surface area contributed by atoms with Crippen molar-refractivity contribution in [3.8, 4) is 0 Å². The lowest BCUT2D eigenvalue weighted by Gasteiger charge is -2.14. The van der Waals surface area contributed by atoms with Crippen molar-refractivity contribution in [2.45, 2.75) is 32.6 Å². The van der Waals surface area contributed by atoms with Crippen LogP contribution in [0.4, 0.5) is 0 Å². The Morgan fingerprint density at radius 3 is 2.38 bits per heavy atom. The first-order chi connectivity index (χ1) is 5.66. The van der Waals surface area contributed by atoms with Gasteiger partial charge in [-0.05, 0) is 20.0 Å². The van der Waals surface area contributed by atoms with E-state index in [0.29, 0.717) is 6.54 Å². The molecule has 0 saturated carbocycles. The van der Waals surface area contributed by atoms with E-state index < -0.39 is 5.97 Å². The maximum atomic E-state index is 10.2. The molecule has 0 bridgehead atoms. The van der Waals surface area contributed by atoms with Crippen LogP contribution >= 0.6 is 12.4 Å². The fourth-order valence-electron chi connectivity index (χ4n) is 1.03. The summed E-state index contributed by atoms with van der Waals surface area (Å²) >= 11 is 0. The van der Waals surface area contributed by atoms with E-state index in [2.05, 4.69) is 11.8 Å². The Labute approximate surface area is 86.5 Å². The lowest BCUT2D eigenvalue weighted by molar-refractivity contribution is -0.137. The highest BCUT2D eigenvalue weighted by Crippen LogP contribution is 1.96. The van der Waals surface area contributed by atoms with Crippen molar-refractivity contribution < 1.29 is 9.90 Å². The summed E-state index contributed by atoms with van der Waals surface area (Å²) in [6.07, 6.45) is 3.87. The number of hydrogen-bond donors (Lipinski definition) is 1. The summed E-state index contributed by atoms with van der Waals surface area (Å²) in [6.45, 7) is 3.84. The van der Waals surface area contributed by atoms with Gasteiger partial charge >= 0.3 is 5.97 Å². The lowest BCUT2D eigenvalue weighted by atomic mass is 10.2. The average Bonchev–Trinajstić information content (AvgIpc) is 2.01. The van der Waals surface area contributed by atoms with Gasteiger partial charge in [-0.1, -0.05) is 19.8 Å². The summed E-state index contributed by atoms with van der Waals surface area (Å²) in [6, 6.07) is 0. The van der Waals surface area contributed by atoms with Crippen LogP contribution in [-0.2, 0) is 4.79 Å². The molecule has 0 atom stereocenters. The highest BCUT2D eigenvalue weighted by molar-refractivity contribution is 5.85.